The lowest BCUT2D eigenvalue weighted by Gasteiger charge is -2.49. The first-order chi connectivity index (χ1) is 21.3. The second-order valence-corrected chi connectivity index (χ2v) is 20.4. The van der Waals surface area contributed by atoms with Crippen molar-refractivity contribution in [3.8, 4) is 0 Å². The van der Waals surface area contributed by atoms with Crippen LogP contribution in [0.25, 0.3) is 0 Å². The minimum atomic E-state index is -1.93. The Hall–Kier alpha value is -4.02. The molecule has 0 saturated carbocycles. The third-order valence-electron chi connectivity index (χ3n) is 10.6. The number of anilines is 6. The van der Waals surface area contributed by atoms with Gasteiger partial charge in [-0.1, -0.05) is 115 Å². The van der Waals surface area contributed by atoms with Crippen LogP contribution in [0.15, 0.2) is 97.1 Å². The molecule has 0 aliphatic carbocycles. The van der Waals surface area contributed by atoms with Gasteiger partial charge in [-0.3, -0.25) is 0 Å². The van der Waals surface area contributed by atoms with Gasteiger partial charge in [-0.25, -0.2) is 0 Å². The first-order valence-electron chi connectivity index (χ1n) is 16.5. The number of rotatable bonds is 1. The summed E-state index contributed by atoms with van der Waals surface area (Å²) in [6.45, 7) is 21.4. The van der Waals surface area contributed by atoms with Crippen LogP contribution in [-0.2, 0) is 10.8 Å². The maximum absolute atomic E-state index is 2.62. The lowest BCUT2D eigenvalue weighted by Crippen LogP contribution is -2.67. The molecule has 3 aliphatic rings. The van der Waals surface area contributed by atoms with E-state index in [1.807, 2.05) is 0 Å². The molecule has 0 bridgehead atoms. The number of fused-ring (bicyclic) bond motifs is 6. The number of aryl methyl sites for hydroxylation is 1. The molecule has 2 nitrogen and oxygen atoms in total. The minimum absolute atomic E-state index is 0.0423. The zero-order valence-electron chi connectivity index (χ0n) is 28.2. The van der Waals surface area contributed by atoms with Gasteiger partial charge in [0.15, 0.2) is 0 Å². The molecule has 5 aromatic rings. The smallest absolute Gasteiger partial charge is 0.252 e. The van der Waals surface area contributed by atoms with E-state index < -0.39 is 8.07 Å². The predicted octanol–water partition coefficient (Wildman–Crippen LogP) is 7.81. The van der Waals surface area contributed by atoms with Gasteiger partial charge >= 0.3 is 0 Å². The molecular weight excluding hydrogens is 559 g/mol. The summed E-state index contributed by atoms with van der Waals surface area (Å²) in [5, 5.41) is 3.06. The lowest BCUT2D eigenvalue weighted by molar-refractivity contribution is 0.590. The van der Waals surface area contributed by atoms with Crippen LogP contribution >= 0.6 is 0 Å². The Bertz CT molecular complexity index is 2040. The van der Waals surface area contributed by atoms with Gasteiger partial charge < -0.3 is 9.80 Å². The molecule has 4 heteroatoms. The molecule has 3 aliphatic heterocycles. The van der Waals surface area contributed by atoms with Crippen molar-refractivity contribution in [3.63, 3.8) is 0 Å². The topological polar surface area (TPSA) is 6.48 Å². The zero-order chi connectivity index (χ0) is 31.6. The first-order valence-corrected chi connectivity index (χ1v) is 19.5. The molecule has 0 amide bonds. The quantitative estimate of drug-likeness (QED) is 0.177. The summed E-state index contributed by atoms with van der Waals surface area (Å²) in [6, 6.07) is 37.8. The van der Waals surface area contributed by atoms with E-state index in [2.05, 4.69) is 168 Å². The molecule has 8 rings (SSSR count). The summed E-state index contributed by atoms with van der Waals surface area (Å²) in [6.07, 6.45) is 0. The van der Waals surface area contributed by atoms with Gasteiger partial charge in [0.25, 0.3) is 6.71 Å². The van der Waals surface area contributed by atoms with Crippen molar-refractivity contribution in [3.05, 3.63) is 114 Å². The molecule has 3 heterocycles. The van der Waals surface area contributed by atoms with Gasteiger partial charge in [-0.05, 0) is 97.6 Å². The van der Waals surface area contributed by atoms with E-state index in [9.17, 15) is 0 Å². The molecule has 0 fully saturated rings. The van der Waals surface area contributed by atoms with Crippen molar-refractivity contribution in [2.75, 3.05) is 9.80 Å². The fourth-order valence-corrected chi connectivity index (χ4v) is 11.1. The van der Waals surface area contributed by atoms with E-state index in [-0.39, 0.29) is 17.5 Å². The van der Waals surface area contributed by atoms with Crippen LogP contribution in [0.3, 0.4) is 0 Å². The molecule has 0 spiro atoms. The van der Waals surface area contributed by atoms with Gasteiger partial charge in [0.2, 0.25) is 0 Å². The maximum Gasteiger partial charge on any atom is 0.252 e. The first kappa shape index (κ1) is 28.5. The molecule has 0 saturated heterocycles. The Kier molecular flexibility index (Phi) is 5.86. The van der Waals surface area contributed by atoms with E-state index >= 15 is 0 Å². The summed E-state index contributed by atoms with van der Waals surface area (Å²) in [5.74, 6) is 0. The third kappa shape index (κ3) is 4.01. The zero-order valence-corrected chi connectivity index (χ0v) is 29.2. The van der Waals surface area contributed by atoms with Gasteiger partial charge in [-0.15, -0.1) is 0 Å². The highest BCUT2D eigenvalue weighted by molar-refractivity contribution is 7.05. The highest BCUT2D eigenvalue weighted by atomic mass is 28.3. The van der Waals surface area contributed by atoms with Gasteiger partial charge in [0.1, 0.15) is 8.07 Å². The lowest BCUT2D eigenvalue weighted by atomic mass is 9.33. The van der Waals surface area contributed by atoms with Gasteiger partial charge in [0, 0.05) is 34.1 Å². The third-order valence-corrected chi connectivity index (χ3v) is 14.1. The van der Waals surface area contributed by atoms with E-state index in [0.29, 0.717) is 0 Å². The monoisotopic (exact) mass is 602 g/mol. The second kappa shape index (κ2) is 9.26. The molecule has 0 N–H and O–H groups in total. The Labute approximate surface area is 270 Å². The fraction of sp³-hybridized carbons (Fsp3) is 0.268. The number of hydrogen-bond donors (Lipinski definition) is 0. The SMILES string of the molecule is Cc1cc2c3c(c1)N1c4ccccc4[Si](C)(C)c4cccc(c41)B3c1ccc(C(C)(C)C)cc1N2c1cccc(C(C)(C)C)c1. The van der Waals surface area contributed by atoms with E-state index in [1.54, 1.807) is 5.19 Å². The van der Waals surface area contributed by atoms with Crippen molar-refractivity contribution in [2.24, 2.45) is 0 Å². The molecule has 45 heavy (non-hydrogen) atoms. The fourth-order valence-electron chi connectivity index (χ4n) is 8.13. The normalized spacial score (nSPS) is 15.7. The summed E-state index contributed by atoms with van der Waals surface area (Å²) in [7, 11) is -1.93. The van der Waals surface area contributed by atoms with Crippen LogP contribution in [0.2, 0.25) is 13.1 Å². The van der Waals surface area contributed by atoms with Crippen LogP contribution < -0.4 is 36.6 Å². The molecule has 224 valence electrons. The molecule has 0 aromatic heterocycles. The van der Waals surface area contributed by atoms with Crippen LogP contribution in [0, 0.1) is 6.92 Å². The van der Waals surface area contributed by atoms with Crippen LogP contribution in [0.1, 0.15) is 58.2 Å². The van der Waals surface area contributed by atoms with E-state index in [4.69, 9.17) is 0 Å². The highest BCUT2D eigenvalue weighted by Gasteiger charge is 2.48. The van der Waals surface area contributed by atoms with Gasteiger partial charge in [-0.2, -0.15) is 0 Å². The number of hydrogen-bond acceptors (Lipinski definition) is 2. The summed E-state index contributed by atoms with van der Waals surface area (Å²) >= 11 is 0. The number of nitrogens with zero attached hydrogens (tertiary/aromatic N) is 2. The Morgan fingerprint density at radius 2 is 1.20 bits per heavy atom. The summed E-state index contributed by atoms with van der Waals surface area (Å²) in [4.78, 5) is 5.20. The molecule has 5 aromatic carbocycles. The molecule has 0 atom stereocenters. The number of para-hydroxylation sites is 2. The van der Waals surface area contributed by atoms with E-state index in [0.717, 1.165) is 0 Å². The Morgan fingerprint density at radius 3 is 1.93 bits per heavy atom. The van der Waals surface area contributed by atoms with Crippen LogP contribution in [0.5, 0.6) is 0 Å². The summed E-state index contributed by atoms with van der Waals surface area (Å²) in [5.41, 5.74) is 16.3. The summed E-state index contributed by atoms with van der Waals surface area (Å²) < 4.78 is 0. The second-order valence-electron chi connectivity index (χ2n) is 16.0. The molecule has 0 radical (unpaired) electrons. The van der Waals surface area contributed by atoms with Crippen LogP contribution in [-0.4, -0.2) is 14.8 Å². The van der Waals surface area contributed by atoms with Crippen molar-refractivity contribution in [2.45, 2.75) is 72.4 Å². The van der Waals surface area contributed by atoms with Gasteiger partial charge in [0.05, 0.1) is 0 Å². The maximum atomic E-state index is 2.62. The highest BCUT2D eigenvalue weighted by Crippen LogP contribution is 2.46. The minimum Gasteiger partial charge on any atom is -0.312 e. The number of benzene rings is 5. The van der Waals surface area contributed by atoms with Crippen molar-refractivity contribution in [1.29, 1.82) is 0 Å². The van der Waals surface area contributed by atoms with Crippen molar-refractivity contribution < 1.29 is 0 Å². The largest absolute Gasteiger partial charge is 0.312 e. The van der Waals surface area contributed by atoms with Crippen molar-refractivity contribution >= 4 is 75.7 Å². The Balaban J connectivity index is 1.50. The van der Waals surface area contributed by atoms with E-state index in [1.165, 1.54) is 72.4 Å². The van der Waals surface area contributed by atoms with Crippen molar-refractivity contribution in [1.82, 2.24) is 0 Å². The average Bonchev–Trinajstić information content (AvgIpc) is 2.99. The average molecular weight is 603 g/mol. The molecule has 0 unspecified atom stereocenters. The molecular formula is C41H43BN2Si. The predicted molar refractivity (Wildman–Crippen MR) is 199 cm³/mol. The Morgan fingerprint density at radius 1 is 0.556 bits per heavy atom. The van der Waals surface area contributed by atoms with Crippen LogP contribution in [0.4, 0.5) is 34.1 Å². The standard InChI is InChI=1S/C41H43BN2Si/c1-26-22-34-38-35(23-26)44-32-17-10-11-18-36(32)45(8,9)37-19-13-16-31(39(37)44)42(38)30-21-20-28(41(5,6)7)25-33(30)43(34)29-15-12-14-27(24-29)40(2,3)4/h10-25H,1-9H3.